The third-order valence-electron chi connectivity index (χ3n) is 5.24. The van der Waals surface area contributed by atoms with Crippen molar-refractivity contribution in [1.82, 2.24) is 4.90 Å². The van der Waals surface area contributed by atoms with E-state index in [9.17, 15) is 9.59 Å². The van der Waals surface area contributed by atoms with Gasteiger partial charge < -0.3 is 15.0 Å². The predicted octanol–water partition coefficient (Wildman–Crippen LogP) is 3.93. The molecule has 30 heavy (non-hydrogen) atoms. The van der Waals surface area contributed by atoms with Crippen LogP contribution >= 0.6 is 0 Å². The van der Waals surface area contributed by atoms with Crippen molar-refractivity contribution in [3.8, 4) is 0 Å². The number of ether oxygens (including phenoxy) is 1. The van der Waals surface area contributed by atoms with Gasteiger partial charge in [0.05, 0.1) is 30.4 Å². The van der Waals surface area contributed by atoms with Crippen LogP contribution in [0.2, 0.25) is 0 Å². The van der Waals surface area contributed by atoms with Crippen LogP contribution in [0.3, 0.4) is 0 Å². The van der Waals surface area contributed by atoms with E-state index in [1.54, 1.807) is 17.0 Å². The Morgan fingerprint density at radius 1 is 0.767 bits per heavy atom. The van der Waals surface area contributed by atoms with Crippen molar-refractivity contribution in [3.63, 3.8) is 0 Å². The second-order valence-corrected chi connectivity index (χ2v) is 7.19. The molecule has 3 aromatic rings. The summed E-state index contributed by atoms with van der Waals surface area (Å²) >= 11 is 0. The molecule has 0 unspecified atom stereocenters. The van der Waals surface area contributed by atoms with Crippen LogP contribution in [-0.4, -0.2) is 43.0 Å². The SMILES string of the molecule is O=C(Nc1ccccc1C(=O)N1CCOCC1)C(c1ccccc1)c1ccccc1. The lowest BCUT2D eigenvalue weighted by atomic mass is 9.90. The van der Waals surface area contributed by atoms with Gasteiger partial charge in [0.1, 0.15) is 0 Å². The quantitative estimate of drug-likeness (QED) is 0.706. The molecule has 0 radical (unpaired) electrons. The average Bonchev–Trinajstić information content (AvgIpc) is 2.81. The Morgan fingerprint density at radius 3 is 1.90 bits per heavy atom. The normalized spacial score (nSPS) is 13.8. The molecule has 5 heteroatoms. The number of hydrogen-bond acceptors (Lipinski definition) is 3. The van der Waals surface area contributed by atoms with Gasteiger partial charge >= 0.3 is 0 Å². The fourth-order valence-corrected chi connectivity index (χ4v) is 3.71. The summed E-state index contributed by atoms with van der Waals surface area (Å²) in [7, 11) is 0. The first-order chi connectivity index (χ1) is 14.7. The molecule has 2 amide bonds. The first-order valence-corrected chi connectivity index (χ1v) is 10.1. The molecule has 1 fully saturated rings. The highest BCUT2D eigenvalue weighted by atomic mass is 16.5. The third-order valence-corrected chi connectivity index (χ3v) is 5.24. The van der Waals surface area contributed by atoms with Gasteiger partial charge in [-0.2, -0.15) is 0 Å². The lowest BCUT2D eigenvalue weighted by Crippen LogP contribution is -2.41. The fourth-order valence-electron chi connectivity index (χ4n) is 3.71. The van der Waals surface area contributed by atoms with Crippen molar-refractivity contribution < 1.29 is 14.3 Å². The molecule has 1 aliphatic heterocycles. The average molecular weight is 400 g/mol. The second kappa shape index (κ2) is 9.37. The summed E-state index contributed by atoms with van der Waals surface area (Å²) in [4.78, 5) is 28.2. The van der Waals surface area contributed by atoms with Crippen molar-refractivity contribution in [3.05, 3.63) is 102 Å². The molecule has 0 aromatic heterocycles. The number of rotatable bonds is 5. The molecule has 0 bridgehead atoms. The summed E-state index contributed by atoms with van der Waals surface area (Å²) in [5, 5.41) is 3.01. The van der Waals surface area contributed by atoms with Gasteiger partial charge in [-0.25, -0.2) is 0 Å². The highest BCUT2D eigenvalue weighted by Crippen LogP contribution is 2.27. The number of carbonyl (C=O) groups excluding carboxylic acids is 2. The van der Waals surface area contributed by atoms with Crippen LogP contribution in [0.25, 0.3) is 0 Å². The molecule has 1 heterocycles. The maximum absolute atomic E-state index is 13.4. The molecular weight excluding hydrogens is 376 g/mol. The van der Waals surface area contributed by atoms with Crippen LogP contribution in [0.1, 0.15) is 27.4 Å². The van der Waals surface area contributed by atoms with E-state index in [4.69, 9.17) is 4.74 Å². The second-order valence-electron chi connectivity index (χ2n) is 7.19. The number of benzene rings is 3. The third kappa shape index (κ3) is 4.42. The maximum atomic E-state index is 13.4. The van der Waals surface area contributed by atoms with Gasteiger partial charge in [-0.05, 0) is 23.3 Å². The van der Waals surface area contributed by atoms with Crippen molar-refractivity contribution in [2.24, 2.45) is 0 Å². The van der Waals surface area contributed by atoms with Gasteiger partial charge in [0.15, 0.2) is 0 Å². The van der Waals surface area contributed by atoms with Crippen LogP contribution in [0, 0.1) is 0 Å². The zero-order valence-electron chi connectivity index (χ0n) is 16.7. The Morgan fingerprint density at radius 2 is 1.30 bits per heavy atom. The number of carbonyl (C=O) groups is 2. The minimum Gasteiger partial charge on any atom is -0.378 e. The van der Waals surface area contributed by atoms with E-state index >= 15 is 0 Å². The van der Waals surface area contributed by atoms with Crippen LogP contribution in [0.15, 0.2) is 84.9 Å². The van der Waals surface area contributed by atoms with Crippen molar-refractivity contribution in [1.29, 1.82) is 0 Å². The summed E-state index contributed by atoms with van der Waals surface area (Å²) in [6.07, 6.45) is 0. The molecule has 5 nitrogen and oxygen atoms in total. The van der Waals surface area contributed by atoms with E-state index in [0.29, 0.717) is 37.6 Å². The molecule has 1 saturated heterocycles. The van der Waals surface area contributed by atoms with E-state index < -0.39 is 5.92 Å². The smallest absolute Gasteiger partial charge is 0.256 e. The molecular formula is C25H24N2O3. The Balaban J connectivity index is 1.63. The van der Waals surface area contributed by atoms with E-state index in [1.807, 2.05) is 72.8 Å². The number of morpholine rings is 1. The van der Waals surface area contributed by atoms with Gasteiger partial charge in [-0.1, -0.05) is 72.8 Å². The zero-order chi connectivity index (χ0) is 20.8. The van der Waals surface area contributed by atoms with Crippen LogP contribution in [0.4, 0.5) is 5.69 Å². The minimum absolute atomic E-state index is 0.0924. The summed E-state index contributed by atoms with van der Waals surface area (Å²) in [6.45, 7) is 2.17. The highest BCUT2D eigenvalue weighted by molar-refractivity contribution is 6.05. The van der Waals surface area contributed by atoms with Gasteiger partial charge in [-0.15, -0.1) is 0 Å². The summed E-state index contributed by atoms with van der Waals surface area (Å²) in [5.74, 6) is -0.737. The van der Waals surface area contributed by atoms with Crippen molar-refractivity contribution in [2.45, 2.75) is 5.92 Å². The van der Waals surface area contributed by atoms with E-state index in [0.717, 1.165) is 11.1 Å². The van der Waals surface area contributed by atoms with Crippen LogP contribution in [0.5, 0.6) is 0 Å². The van der Waals surface area contributed by atoms with Gasteiger partial charge in [0.25, 0.3) is 5.91 Å². The monoisotopic (exact) mass is 400 g/mol. The predicted molar refractivity (Wildman–Crippen MR) is 117 cm³/mol. The Kier molecular flexibility index (Phi) is 6.20. The maximum Gasteiger partial charge on any atom is 0.256 e. The summed E-state index contributed by atoms with van der Waals surface area (Å²) in [5.41, 5.74) is 2.82. The van der Waals surface area contributed by atoms with Gasteiger partial charge in [-0.3, -0.25) is 9.59 Å². The Labute approximate surface area is 176 Å². The number of hydrogen-bond donors (Lipinski definition) is 1. The summed E-state index contributed by atoms with van der Waals surface area (Å²) < 4.78 is 5.35. The van der Waals surface area contributed by atoms with Crippen molar-refractivity contribution >= 4 is 17.5 Å². The fraction of sp³-hybridized carbons (Fsp3) is 0.200. The number of amides is 2. The zero-order valence-corrected chi connectivity index (χ0v) is 16.7. The molecule has 1 N–H and O–H groups in total. The van der Waals surface area contributed by atoms with E-state index in [2.05, 4.69) is 5.32 Å². The highest BCUT2D eigenvalue weighted by Gasteiger charge is 2.25. The van der Waals surface area contributed by atoms with Crippen molar-refractivity contribution in [2.75, 3.05) is 31.6 Å². The summed E-state index contributed by atoms with van der Waals surface area (Å²) in [6, 6.07) is 26.5. The minimum atomic E-state index is -0.473. The lowest BCUT2D eigenvalue weighted by Gasteiger charge is -2.28. The molecule has 0 saturated carbocycles. The first kappa shape index (κ1) is 19.9. The van der Waals surface area contributed by atoms with Gasteiger partial charge in [0.2, 0.25) is 5.91 Å². The van der Waals surface area contributed by atoms with Crippen LogP contribution in [-0.2, 0) is 9.53 Å². The Bertz CT molecular complexity index is 960. The molecule has 0 spiro atoms. The largest absolute Gasteiger partial charge is 0.378 e. The van der Waals surface area contributed by atoms with E-state index in [1.165, 1.54) is 0 Å². The number of anilines is 1. The molecule has 0 aliphatic carbocycles. The first-order valence-electron chi connectivity index (χ1n) is 10.1. The Hall–Kier alpha value is -3.44. The molecule has 3 aromatic carbocycles. The number of nitrogens with one attached hydrogen (secondary N) is 1. The number of nitrogens with zero attached hydrogens (tertiary/aromatic N) is 1. The molecule has 4 rings (SSSR count). The standard InChI is InChI=1S/C25H24N2O3/c28-24(23(19-9-3-1-4-10-19)20-11-5-2-6-12-20)26-22-14-8-7-13-21(22)25(29)27-15-17-30-18-16-27/h1-14,23H,15-18H2,(H,26,28). The van der Waals surface area contributed by atoms with Crippen LogP contribution < -0.4 is 5.32 Å². The topological polar surface area (TPSA) is 58.6 Å². The molecule has 1 aliphatic rings. The lowest BCUT2D eigenvalue weighted by molar-refractivity contribution is -0.116. The molecule has 0 atom stereocenters. The molecule has 152 valence electrons. The number of para-hydroxylation sites is 1. The van der Waals surface area contributed by atoms with Gasteiger partial charge in [0, 0.05) is 13.1 Å². The van der Waals surface area contributed by atoms with E-state index in [-0.39, 0.29) is 11.8 Å².